The fraction of sp³-hybridized carbons (Fsp3) is 0.200. The predicted molar refractivity (Wildman–Crippen MR) is 83.3 cm³/mol. The Bertz CT molecular complexity index is 682. The zero-order chi connectivity index (χ0) is 15.3. The van der Waals surface area contributed by atoms with Crippen molar-refractivity contribution in [2.75, 3.05) is 0 Å². The van der Waals surface area contributed by atoms with Crippen molar-refractivity contribution in [1.82, 2.24) is 4.72 Å². The molecule has 0 fully saturated rings. The average molecular weight is 326 g/mol. The third-order valence-corrected chi connectivity index (χ3v) is 4.52. The van der Waals surface area contributed by atoms with Crippen LogP contribution in [0.25, 0.3) is 0 Å². The first kappa shape index (κ1) is 16.0. The number of hydrogen-bond acceptors (Lipinski definition) is 3. The largest absolute Gasteiger partial charge is 0.392 e. The van der Waals surface area contributed by atoms with Gasteiger partial charge in [0.1, 0.15) is 0 Å². The molecule has 0 aliphatic carbocycles. The molecule has 2 aromatic rings. The molecule has 4 nitrogen and oxygen atoms in total. The summed E-state index contributed by atoms with van der Waals surface area (Å²) in [6.07, 6.45) is 0. The summed E-state index contributed by atoms with van der Waals surface area (Å²) in [7, 11) is -3.41. The molecule has 0 saturated heterocycles. The van der Waals surface area contributed by atoms with Gasteiger partial charge in [-0.05, 0) is 28.8 Å². The molecule has 0 aromatic heterocycles. The fourth-order valence-electron chi connectivity index (χ4n) is 1.81. The van der Waals surface area contributed by atoms with E-state index in [9.17, 15) is 8.42 Å². The predicted octanol–water partition coefficient (Wildman–Crippen LogP) is 2.45. The van der Waals surface area contributed by atoms with Crippen LogP contribution in [0.5, 0.6) is 0 Å². The van der Waals surface area contributed by atoms with Crippen molar-refractivity contribution in [3.8, 4) is 0 Å². The second kappa shape index (κ2) is 7.04. The second-order valence-corrected chi connectivity index (χ2v) is 6.92. The average Bonchev–Trinajstić information content (AvgIpc) is 2.47. The van der Waals surface area contributed by atoms with Crippen LogP contribution in [0.15, 0.2) is 48.5 Å². The van der Waals surface area contributed by atoms with Crippen molar-refractivity contribution in [2.45, 2.75) is 18.9 Å². The maximum absolute atomic E-state index is 12.0. The normalized spacial score (nSPS) is 11.5. The van der Waals surface area contributed by atoms with Gasteiger partial charge in [0.25, 0.3) is 0 Å². The lowest BCUT2D eigenvalue weighted by Crippen LogP contribution is -2.24. The van der Waals surface area contributed by atoms with Crippen LogP contribution in [0.4, 0.5) is 0 Å². The third-order valence-electron chi connectivity index (χ3n) is 2.97. The molecular weight excluding hydrogens is 310 g/mol. The Morgan fingerprint density at radius 2 is 1.43 bits per heavy atom. The summed E-state index contributed by atoms with van der Waals surface area (Å²) in [5.41, 5.74) is 2.28. The Kier molecular flexibility index (Phi) is 5.36. The molecular formula is C15H16ClNO3S. The monoisotopic (exact) mass is 325 g/mol. The zero-order valence-electron chi connectivity index (χ0n) is 11.3. The number of hydrogen-bond donors (Lipinski definition) is 2. The Morgan fingerprint density at radius 3 is 2.00 bits per heavy atom. The van der Waals surface area contributed by atoms with E-state index in [1.54, 1.807) is 48.5 Å². The first-order valence-corrected chi connectivity index (χ1v) is 8.42. The molecule has 2 N–H and O–H groups in total. The summed E-state index contributed by atoms with van der Waals surface area (Å²) in [5.74, 6) is -0.0910. The molecule has 2 rings (SSSR count). The maximum atomic E-state index is 12.0. The lowest BCUT2D eigenvalue weighted by atomic mass is 10.2. The summed E-state index contributed by atoms with van der Waals surface area (Å²) in [6, 6.07) is 13.8. The van der Waals surface area contributed by atoms with Gasteiger partial charge in [-0.25, -0.2) is 13.1 Å². The minimum atomic E-state index is -3.41. The van der Waals surface area contributed by atoms with Gasteiger partial charge >= 0.3 is 0 Å². The van der Waals surface area contributed by atoms with Crippen molar-refractivity contribution in [3.05, 3.63) is 70.2 Å². The van der Waals surface area contributed by atoms with Gasteiger partial charge in [0.05, 0.1) is 12.4 Å². The number of sulfonamides is 1. The molecule has 0 heterocycles. The highest BCUT2D eigenvalue weighted by Gasteiger charge is 2.11. The standard InChI is InChI=1S/C15H16ClNO3S/c16-15-7-5-12(6-8-15)9-17-21(19,20)11-14-3-1-13(10-18)2-4-14/h1-8,17-18H,9-11H2. The van der Waals surface area contributed by atoms with Crippen molar-refractivity contribution in [1.29, 1.82) is 0 Å². The molecule has 0 spiro atoms. The third kappa shape index (κ3) is 5.13. The van der Waals surface area contributed by atoms with Gasteiger partial charge in [0, 0.05) is 11.6 Å². The van der Waals surface area contributed by atoms with Crippen molar-refractivity contribution in [3.63, 3.8) is 0 Å². The smallest absolute Gasteiger partial charge is 0.216 e. The molecule has 0 radical (unpaired) electrons. The molecule has 6 heteroatoms. The molecule has 0 bridgehead atoms. The van der Waals surface area contributed by atoms with Crippen LogP contribution in [-0.2, 0) is 28.9 Å². The van der Waals surface area contributed by atoms with Gasteiger partial charge < -0.3 is 5.11 Å². The minimum Gasteiger partial charge on any atom is -0.392 e. The van der Waals surface area contributed by atoms with Gasteiger partial charge in [0.2, 0.25) is 10.0 Å². The van der Waals surface area contributed by atoms with Gasteiger partial charge in [-0.2, -0.15) is 0 Å². The Morgan fingerprint density at radius 1 is 0.905 bits per heavy atom. The molecule has 21 heavy (non-hydrogen) atoms. The van der Waals surface area contributed by atoms with Crippen molar-refractivity contribution >= 4 is 21.6 Å². The van der Waals surface area contributed by atoms with Crippen LogP contribution in [-0.4, -0.2) is 13.5 Å². The Labute approximate surface area is 129 Å². The molecule has 2 aromatic carbocycles. The van der Waals surface area contributed by atoms with E-state index >= 15 is 0 Å². The van der Waals surface area contributed by atoms with Gasteiger partial charge in [-0.3, -0.25) is 0 Å². The fourth-order valence-corrected chi connectivity index (χ4v) is 3.05. The van der Waals surface area contributed by atoms with E-state index in [-0.39, 0.29) is 18.9 Å². The first-order chi connectivity index (χ1) is 9.98. The summed E-state index contributed by atoms with van der Waals surface area (Å²) < 4.78 is 26.6. The number of aliphatic hydroxyl groups is 1. The van der Waals surface area contributed by atoms with E-state index in [1.807, 2.05) is 0 Å². The number of benzene rings is 2. The van der Waals surface area contributed by atoms with Gasteiger partial charge in [-0.15, -0.1) is 0 Å². The molecule has 0 saturated carbocycles. The van der Waals surface area contributed by atoms with E-state index in [0.29, 0.717) is 10.6 Å². The summed E-state index contributed by atoms with van der Waals surface area (Å²) in [5, 5.41) is 9.57. The lowest BCUT2D eigenvalue weighted by Gasteiger charge is -2.07. The molecule has 0 aliphatic heterocycles. The first-order valence-electron chi connectivity index (χ1n) is 6.39. The molecule has 0 atom stereocenters. The van der Waals surface area contributed by atoms with E-state index < -0.39 is 10.0 Å². The number of halogens is 1. The van der Waals surface area contributed by atoms with Crippen LogP contribution in [0.1, 0.15) is 16.7 Å². The SMILES string of the molecule is O=S(=O)(Cc1ccc(CO)cc1)NCc1ccc(Cl)cc1. The van der Waals surface area contributed by atoms with E-state index in [1.165, 1.54) is 0 Å². The number of rotatable bonds is 6. The summed E-state index contributed by atoms with van der Waals surface area (Å²) in [4.78, 5) is 0. The highest BCUT2D eigenvalue weighted by molar-refractivity contribution is 7.88. The second-order valence-electron chi connectivity index (χ2n) is 4.68. The lowest BCUT2D eigenvalue weighted by molar-refractivity contribution is 0.282. The Balaban J connectivity index is 1.96. The highest BCUT2D eigenvalue weighted by Crippen LogP contribution is 2.11. The van der Waals surface area contributed by atoms with E-state index in [2.05, 4.69) is 4.72 Å². The number of nitrogens with one attached hydrogen (secondary N) is 1. The van der Waals surface area contributed by atoms with Crippen LogP contribution < -0.4 is 4.72 Å². The van der Waals surface area contributed by atoms with E-state index in [4.69, 9.17) is 16.7 Å². The quantitative estimate of drug-likeness (QED) is 0.857. The highest BCUT2D eigenvalue weighted by atomic mass is 35.5. The van der Waals surface area contributed by atoms with Gasteiger partial charge in [0.15, 0.2) is 0 Å². The zero-order valence-corrected chi connectivity index (χ0v) is 12.9. The molecule has 112 valence electrons. The van der Waals surface area contributed by atoms with Gasteiger partial charge in [-0.1, -0.05) is 48.0 Å². The van der Waals surface area contributed by atoms with Crippen LogP contribution in [0.3, 0.4) is 0 Å². The Hall–Kier alpha value is -1.40. The molecule has 0 unspecified atom stereocenters. The van der Waals surface area contributed by atoms with Crippen LogP contribution >= 0.6 is 11.6 Å². The van der Waals surface area contributed by atoms with Crippen LogP contribution in [0, 0.1) is 0 Å². The maximum Gasteiger partial charge on any atom is 0.216 e. The molecule has 0 amide bonds. The summed E-state index contributed by atoms with van der Waals surface area (Å²) in [6.45, 7) is 0.177. The topological polar surface area (TPSA) is 66.4 Å². The van der Waals surface area contributed by atoms with Crippen molar-refractivity contribution in [2.24, 2.45) is 0 Å². The molecule has 0 aliphatic rings. The number of aliphatic hydroxyl groups excluding tert-OH is 1. The summed E-state index contributed by atoms with van der Waals surface area (Å²) >= 11 is 5.78. The van der Waals surface area contributed by atoms with E-state index in [0.717, 1.165) is 11.1 Å². The van der Waals surface area contributed by atoms with Crippen molar-refractivity contribution < 1.29 is 13.5 Å². The minimum absolute atomic E-state index is 0.0537. The van der Waals surface area contributed by atoms with Crippen LogP contribution in [0.2, 0.25) is 5.02 Å².